The van der Waals surface area contributed by atoms with E-state index < -0.39 is 0 Å². The largest absolute Gasteiger partial charge is 0.314 e. The van der Waals surface area contributed by atoms with Crippen molar-refractivity contribution in [3.63, 3.8) is 0 Å². The Morgan fingerprint density at radius 2 is 2.14 bits per heavy atom. The lowest BCUT2D eigenvalue weighted by Gasteiger charge is -2.37. The average Bonchev–Trinajstić information content (AvgIpc) is 2.86. The van der Waals surface area contributed by atoms with Crippen molar-refractivity contribution in [2.45, 2.75) is 51.1 Å². The van der Waals surface area contributed by atoms with Crippen LogP contribution in [0.2, 0.25) is 0 Å². The molecular weight excluding hydrogens is 263 g/mol. The van der Waals surface area contributed by atoms with E-state index >= 15 is 0 Å². The van der Waals surface area contributed by atoms with Crippen molar-refractivity contribution in [3.05, 3.63) is 35.6 Å². The van der Waals surface area contributed by atoms with E-state index in [1.807, 2.05) is 6.07 Å². The first-order chi connectivity index (χ1) is 10.1. The van der Waals surface area contributed by atoms with Gasteiger partial charge in [0.1, 0.15) is 5.82 Å². The van der Waals surface area contributed by atoms with E-state index in [4.69, 9.17) is 0 Å². The van der Waals surface area contributed by atoms with Gasteiger partial charge in [0, 0.05) is 18.6 Å². The van der Waals surface area contributed by atoms with E-state index in [-0.39, 0.29) is 5.82 Å². The Kier molecular flexibility index (Phi) is 4.60. The highest BCUT2D eigenvalue weighted by Crippen LogP contribution is 2.37. The molecule has 21 heavy (non-hydrogen) atoms. The van der Waals surface area contributed by atoms with Gasteiger partial charge < -0.3 is 10.2 Å². The summed E-state index contributed by atoms with van der Waals surface area (Å²) < 4.78 is 13.2. The van der Waals surface area contributed by atoms with Gasteiger partial charge in [-0.05, 0) is 75.7 Å². The number of halogens is 1. The van der Waals surface area contributed by atoms with E-state index in [9.17, 15) is 4.39 Å². The summed E-state index contributed by atoms with van der Waals surface area (Å²) in [6.45, 7) is 8.20. The quantitative estimate of drug-likeness (QED) is 0.894. The summed E-state index contributed by atoms with van der Waals surface area (Å²) in [6, 6.07) is 8.41. The van der Waals surface area contributed by atoms with Crippen molar-refractivity contribution in [1.29, 1.82) is 0 Å². The first kappa shape index (κ1) is 15.0. The molecule has 0 spiro atoms. The summed E-state index contributed by atoms with van der Waals surface area (Å²) in [5.41, 5.74) is 1.17. The van der Waals surface area contributed by atoms with Crippen LogP contribution in [0.1, 0.15) is 44.6 Å². The van der Waals surface area contributed by atoms with Gasteiger partial charge in [-0.2, -0.15) is 0 Å². The molecule has 2 fully saturated rings. The maximum atomic E-state index is 13.2. The highest BCUT2D eigenvalue weighted by atomic mass is 19.1. The molecule has 1 aromatic carbocycles. The Hall–Kier alpha value is -0.930. The van der Waals surface area contributed by atoms with E-state index in [1.165, 1.54) is 31.1 Å². The smallest absolute Gasteiger partial charge is 0.123 e. The van der Waals surface area contributed by atoms with Crippen molar-refractivity contribution >= 4 is 0 Å². The van der Waals surface area contributed by atoms with Crippen LogP contribution in [0.4, 0.5) is 4.39 Å². The molecule has 1 N–H and O–H groups in total. The SMILES string of the molecule is CC(C)N1CCC(CNC2CC(c3cccc(F)c3)C2)C1. The van der Waals surface area contributed by atoms with Crippen molar-refractivity contribution in [3.8, 4) is 0 Å². The van der Waals surface area contributed by atoms with Crippen LogP contribution in [0.15, 0.2) is 24.3 Å². The third-order valence-electron chi connectivity index (χ3n) is 5.20. The molecule has 0 aromatic heterocycles. The predicted octanol–water partition coefficient (Wildman–Crippen LogP) is 3.39. The fraction of sp³-hybridized carbons (Fsp3) is 0.667. The third-order valence-corrected chi connectivity index (χ3v) is 5.20. The van der Waals surface area contributed by atoms with Crippen LogP contribution in [-0.4, -0.2) is 36.6 Å². The molecule has 0 amide bonds. The van der Waals surface area contributed by atoms with E-state index in [0.29, 0.717) is 18.0 Å². The van der Waals surface area contributed by atoms with E-state index in [1.54, 1.807) is 6.07 Å². The van der Waals surface area contributed by atoms with Gasteiger partial charge in [0.25, 0.3) is 0 Å². The summed E-state index contributed by atoms with van der Waals surface area (Å²) in [5, 5.41) is 3.71. The number of nitrogens with zero attached hydrogens (tertiary/aromatic N) is 1. The van der Waals surface area contributed by atoms with Crippen LogP contribution < -0.4 is 5.32 Å². The van der Waals surface area contributed by atoms with Gasteiger partial charge in [0.2, 0.25) is 0 Å². The van der Waals surface area contributed by atoms with Crippen molar-refractivity contribution in [1.82, 2.24) is 10.2 Å². The molecule has 1 aliphatic carbocycles. The van der Waals surface area contributed by atoms with Gasteiger partial charge in [-0.1, -0.05) is 12.1 Å². The lowest BCUT2D eigenvalue weighted by Crippen LogP contribution is -2.42. The number of nitrogens with one attached hydrogen (secondary N) is 1. The van der Waals surface area contributed by atoms with Crippen molar-refractivity contribution in [2.75, 3.05) is 19.6 Å². The molecule has 1 atom stereocenters. The Bertz CT molecular complexity index is 468. The normalized spacial score (nSPS) is 29.8. The van der Waals surface area contributed by atoms with Crippen LogP contribution in [-0.2, 0) is 0 Å². The van der Waals surface area contributed by atoms with Crippen LogP contribution >= 0.6 is 0 Å². The van der Waals surface area contributed by atoms with Crippen LogP contribution in [0, 0.1) is 11.7 Å². The molecule has 1 aromatic rings. The fourth-order valence-electron chi connectivity index (χ4n) is 3.65. The maximum Gasteiger partial charge on any atom is 0.123 e. The zero-order chi connectivity index (χ0) is 14.8. The van der Waals surface area contributed by atoms with Crippen LogP contribution in [0.25, 0.3) is 0 Å². The molecule has 1 saturated heterocycles. The summed E-state index contributed by atoms with van der Waals surface area (Å²) in [4.78, 5) is 2.57. The summed E-state index contributed by atoms with van der Waals surface area (Å²) in [5.74, 6) is 1.25. The second kappa shape index (κ2) is 6.45. The number of hydrogen-bond acceptors (Lipinski definition) is 2. The van der Waals surface area contributed by atoms with Crippen LogP contribution in [0.3, 0.4) is 0 Å². The summed E-state index contributed by atoms with van der Waals surface area (Å²) >= 11 is 0. The molecule has 0 radical (unpaired) electrons. The Morgan fingerprint density at radius 1 is 1.33 bits per heavy atom. The fourth-order valence-corrected chi connectivity index (χ4v) is 3.65. The molecule has 0 bridgehead atoms. The lowest BCUT2D eigenvalue weighted by atomic mass is 9.75. The molecule has 2 aliphatic rings. The molecule has 1 heterocycles. The minimum Gasteiger partial charge on any atom is -0.314 e. The Balaban J connectivity index is 1.38. The second-order valence-corrected chi connectivity index (χ2v) is 7.07. The second-order valence-electron chi connectivity index (χ2n) is 7.07. The molecule has 116 valence electrons. The number of benzene rings is 1. The molecule has 1 aliphatic heterocycles. The summed E-state index contributed by atoms with van der Waals surface area (Å²) in [6.07, 6.45) is 3.64. The third kappa shape index (κ3) is 3.64. The van der Waals surface area contributed by atoms with Crippen molar-refractivity contribution in [2.24, 2.45) is 5.92 Å². The summed E-state index contributed by atoms with van der Waals surface area (Å²) in [7, 11) is 0. The first-order valence-corrected chi connectivity index (χ1v) is 8.34. The predicted molar refractivity (Wildman–Crippen MR) is 85.0 cm³/mol. The van der Waals surface area contributed by atoms with Gasteiger partial charge in [-0.3, -0.25) is 0 Å². The first-order valence-electron chi connectivity index (χ1n) is 8.34. The Morgan fingerprint density at radius 3 is 2.81 bits per heavy atom. The molecule has 3 rings (SSSR count). The standard InChI is InChI=1S/C18H27FN2/c1-13(2)21-7-6-14(12-21)11-20-18-9-16(10-18)15-4-3-5-17(19)8-15/h3-5,8,13-14,16,18,20H,6-7,9-12H2,1-2H3. The minimum absolute atomic E-state index is 0.108. The minimum atomic E-state index is -0.108. The zero-order valence-corrected chi connectivity index (χ0v) is 13.2. The van der Waals surface area contributed by atoms with Gasteiger partial charge in [-0.15, -0.1) is 0 Å². The number of likely N-dealkylation sites (tertiary alicyclic amines) is 1. The van der Waals surface area contributed by atoms with Crippen molar-refractivity contribution < 1.29 is 4.39 Å². The lowest BCUT2D eigenvalue weighted by molar-refractivity contribution is 0.249. The average molecular weight is 290 g/mol. The zero-order valence-electron chi connectivity index (χ0n) is 13.2. The van der Waals surface area contributed by atoms with Gasteiger partial charge in [0.05, 0.1) is 0 Å². The molecular formula is C18H27FN2. The highest BCUT2D eigenvalue weighted by molar-refractivity contribution is 5.23. The Labute approximate surface area is 127 Å². The van der Waals surface area contributed by atoms with Gasteiger partial charge in [-0.25, -0.2) is 4.39 Å². The topological polar surface area (TPSA) is 15.3 Å². The monoisotopic (exact) mass is 290 g/mol. The highest BCUT2D eigenvalue weighted by Gasteiger charge is 2.31. The number of hydrogen-bond donors (Lipinski definition) is 1. The molecule has 2 nitrogen and oxygen atoms in total. The molecule has 3 heteroatoms. The number of rotatable bonds is 5. The molecule has 1 unspecified atom stereocenters. The van der Waals surface area contributed by atoms with Crippen LogP contribution in [0.5, 0.6) is 0 Å². The maximum absolute atomic E-state index is 13.2. The molecule has 1 saturated carbocycles. The van der Waals surface area contributed by atoms with Gasteiger partial charge >= 0.3 is 0 Å². The van der Waals surface area contributed by atoms with Gasteiger partial charge in [0.15, 0.2) is 0 Å². The van der Waals surface area contributed by atoms with E-state index in [0.717, 1.165) is 25.3 Å². The van der Waals surface area contributed by atoms with E-state index in [2.05, 4.69) is 30.1 Å².